The number of sulfonamides is 1. The summed E-state index contributed by atoms with van der Waals surface area (Å²) in [4.78, 5) is 1.29. The van der Waals surface area contributed by atoms with Gasteiger partial charge in [0.2, 0.25) is 10.0 Å². The highest BCUT2D eigenvalue weighted by atomic mass is 35.5. The first-order chi connectivity index (χ1) is 11.0. The van der Waals surface area contributed by atoms with E-state index in [0.717, 1.165) is 25.7 Å². The Morgan fingerprint density at radius 1 is 1.17 bits per heavy atom. The summed E-state index contributed by atoms with van der Waals surface area (Å²) in [5, 5.41) is 2.62. The Hall–Kier alpha value is -0.880. The van der Waals surface area contributed by atoms with Crippen LogP contribution in [0.4, 0.5) is 0 Å². The lowest BCUT2D eigenvalue weighted by molar-refractivity contribution is 0.440. The van der Waals surface area contributed by atoms with E-state index >= 15 is 0 Å². The van der Waals surface area contributed by atoms with E-state index in [4.69, 9.17) is 11.6 Å². The molecule has 1 N–H and O–H groups in total. The van der Waals surface area contributed by atoms with E-state index in [0.29, 0.717) is 17.1 Å². The molecule has 124 valence electrons. The lowest BCUT2D eigenvalue weighted by Crippen LogP contribution is -2.39. The van der Waals surface area contributed by atoms with Gasteiger partial charge in [-0.3, -0.25) is 0 Å². The molecule has 1 aromatic carbocycles. The fourth-order valence-corrected chi connectivity index (χ4v) is 5.70. The fraction of sp³-hybridized carbons (Fsp3) is 0.412. The van der Waals surface area contributed by atoms with Crippen LogP contribution >= 0.6 is 22.9 Å². The van der Waals surface area contributed by atoms with Crippen LogP contribution in [0.5, 0.6) is 0 Å². The van der Waals surface area contributed by atoms with Crippen molar-refractivity contribution >= 4 is 33.0 Å². The molecule has 2 aromatic rings. The molecule has 0 aliphatic heterocycles. The third kappa shape index (κ3) is 4.15. The van der Waals surface area contributed by atoms with Crippen molar-refractivity contribution in [3.8, 4) is 0 Å². The molecule has 0 radical (unpaired) electrons. The quantitative estimate of drug-likeness (QED) is 0.823. The molecule has 1 saturated carbocycles. The molecular formula is C17H20ClNO2S2. The first kappa shape index (κ1) is 17.0. The molecule has 0 bridgehead atoms. The zero-order valence-electron chi connectivity index (χ0n) is 12.8. The molecule has 3 nitrogen and oxygen atoms in total. The summed E-state index contributed by atoms with van der Waals surface area (Å²) in [6.07, 6.45) is 4.42. The van der Waals surface area contributed by atoms with E-state index in [1.807, 2.05) is 6.07 Å². The van der Waals surface area contributed by atoms with Crippen LogP contribution in [0.2, 0.25) is 5.02 Å². The summed E-state index contributed by atoms with van der Waals surface area (Å²) in [5.74, 6) is -0.0337. The Morgan fingerprint density at radius 2 is 1.96 bits per heavy atom. The van der Waals surface area contributed by atoms with E-state index in [9.17, 15) is 8.42 Å². The second-order valence-corrected chi connectivity index (χ2v) is 9.37. The van der Waals surface area contributed by atoms with Gasteiger partial charge in [-0.05, 0) is 42.0 Å². The van der Waals surface area contributed by atoms with Crippen LogP contribution in [0.25, 0.3) is 0 Å². The second kappa shape index (κ2) is 6.93. The van der Waals surface area contributed by atoms with Crippen molar-refractivity contribution in [2.45, 2.75) is 36.9 Å². The van der Waals surface area contributed by atoms with Gasteiger partial charge in [0.1, 0.15) is 0 Å². The van der Waals surface area contributed by atoms with Crippen LogP contribution in [0.1, 0.15) is 36.1 Å². The number of halogens is 1. The van der Waals surface area contributed by atoms with Crippen molar-refractivity contribution in [1.29, 1.82) is 0 Å². The van der Waals surface area contributed by atoms with Crippen LogP contribution in [-0.4, -0.2) is 15.0 Å². The summed E-state index contributed by atoms with van der Waals surface area (Å²) in [7, 11) is -3.37. The number of benzene rings is 1. The zero-order valence-corrected chi connectivity index (χ0v) is 15.2. The Balaban J connectivity index is 1.70. The van der Waals surface area contributed by atoms with Crippen LogP contribution in [0.15, 0.2) is 41.8 Å². The molecule has 0 saturated heterocycles. The van der Waals surface area contributed by atoms with Crippen molar-refractivity contribution < 1.29 is 8.42 Å². The van der Waals surface area contributed by atoms with Crippen LogP contribution in [0.3, 0.4) is 0 Å². The number of hydrogen-bond donors (Lipinski definition) is 1. The van der Waals surface area contributed by atoms with Gasteiger partial charge in [-0.1, -0.05) is 42.6 Å². The number of thiophene rings is 1. The van der Waals surface area contributed by atoms with Crippen molar-refractivity contribution in [2.24, 2.45) is 0 Å². The molecule has 1 aromatic heterocycles. The molecule has 1 aliphatic carbocycles. The van der Waals surface area contributed by atoms with E-state index in [-0.39, 0.29) is 11.2 Å². The molecule has 6 heteroatoms. The summed E-state index contributed by atoms with van der Waals surface area (Å²) in [5.41, 5.74) is 0.678. The maximum Gasteiger partial charge on any atom is 0.215 e. The van der Waals surface area contributed by atoms with Gasteiger partial charge < -0.3 is 0 Å². The molecule has 3 rings (SSSR count). The number of nitrogens with one attached hydrogen (secondary N) is 1. The lowest BCUT2D eigenvalue weighted by Gasteiger charge is -2.28. The molecule has 23 heavy (non-hydrogen) atoms. The predicted molar refractivity (Wildman–Crippen MR) is 96.5 cm³/mol. The topological polar surface area (TPSA) is 46.2 Å². The van der Waals surface area contributed by atoms with Crippen LogP contribution in [0, 0.1) is 0 Å². The zero-order chi connectivity index (χ0) is 16.3. The summed E-state index contributed by atoms with van der Waals surface area (Å²) in [6, 6.07) is 11.2. The Labute approximate surface area is 146 Å². The minimum Gasteiger partial charge on any atom is -0.214 e. The maximum absolute atomic E-state index is 12.4. The third-order valence-corrected chi connectivity index (χ3v) is 7.13. The molecule has 1 heterocycles. The highest BCUT2D eigenvalue weighted by molar-refractivity contribution is 7.88. The first-order valence-electron chi connectivity index (χ1n) is 7.75. The van der Waals surface area contributed by atoms with Crippen molar-refractivity contribution in [2.75, 3.05) is 6.54 Å². The van der Waals surface area contributed by atoms with Crippen LogP contribution < -0.4 is 4.72 Å². The predicted octanol–water partition coefficient (Wildman–Crippen LogP) is 4.33. The number of rotatable bonds is 6. The third-order valence-electron chi connectivity index (χ3n) is 4.48. The number of hydrogen-bond acceptors (Lipinski definition) is 3. The second-order valence-electron chi connectivity index (χ2n) is 6.17. The normalized spacial score (nSPS) is 17.4. The standard InChI is InChI=1S/C17H20ClNO2S2/c18-15-6-3-5-14(11-15)12-23(20,21)19-13-17(8-1-2-9-17)16-7-4-10-22-16/h3-7,10-11,19H,1-2,8-9,12-13H2. The SMILES string of the molecule is O=S(=O)(Cc1cccc(Cl)c1)NCC1(c2cccs2)CCCC1. The molecule has 1 aliphatic rings. The van der Waals surface area contributed by atoms with E-state index < -0.39 is 10.0 Å². The van der Waals surface area contributed by atoms with Crippen molar-refractivity contribution in [3.63, 3.8) is 0 Å². The molecule has 0 atom stereocenters. The summed E-state index contributed by atoms with van der Waals surface area (Å²) < 4.78 is 27.7. The molecule has 0 amide bonds. The Kier molecular flexibility index (Phi) is 5.11. The fourth-order valence-electron chi connectivity index (χ4n) is 3.29. The van der Waals surface area contributed by atoms with Gasteiger partial charge in [-0.2, -0.15) is 0 Å². The minimum atomic E-state index is -3.37. The average molecular weight is 370 g/mol. The Morgan fingerprint density at radius 3 is 2.61 bits per heavy atom. The van der Waals surface area contributed by atoms with Crippen molar-refractivity contribution in [3.05, 3.63) is 57.2 Å². The maximum atomic E-state index is 12.4. The van der Waals surface area contributed by atoms with Gasteiger partial charge in [-0.15, -0.1) is 11.3 Å². The van der Waals surface area contributed by atoms with E-state index in [1.54, 1.807) is 35.6 Å². The van der Waals surface area contributed by atoms with Crippen LogP contribution in [-0.2, 0) is 21.2 Å². The van der Waals surface area contributed by atoms with Gasteiger partial charge in [0.05, 0.1) is 5.75 Å². The Bertz CT molecular complexity index is 751. The summed E-state index contributed by atoms with van der Waals surface area (Å²) in [6.45, 7) is 0.483. The highest BCUT2D eigenvalue weighted by Gasteiger charge is 2.37. The summed E-state index contributed by atoms with van der Waals surface area (Å²) >= 11 is 7.65. The van der Waals surface area contributed by atoms with Gasteiger partial charge in [0, 0.05) is 21.9 Å². The van der Waals surface area contributed by atoms with E-state index in [1.165, 1.54) is 4.88 Å². The van der Waals surface area contributed by atoms with Gasteiger partial charge in [0.25, 0.3) is 0 Å². The molecule has 1 fully saturated rings. The van der Waals surface area contributed by atoms with Gasteiger partial charge in [0.15, 0.2) is 0 Å². The van der Waals surface area contributed by atoms with Crippen molar-refractivity contribution in [1.82, 2.24) is 4.72 Å². The lowest BCUT2D eigenvalue weighted by atomic mass is 9.85. The minimum absolute atomic E-state index is 0.0322. The molecule has 0 spiro atoms. The molecule has 0 unspecified atom stereocenters. The van der Waals surface area contributed by atoms with Gasteiger partial charge in [-0.25, -0.2) is 13.1 Å². The largest absolute Gasteiger partial charge is 0.215 e. The average Bonchev–Trinajstić information content (AvgIpc) is 3.17. The monoisotopic (exact) mass is 369 g/mol. The smallest absolute Gasteiger partial charge is 0.214 e. The highest BCUT2D eigenvalue weighted by Crippen LogP contribution is 2.42. The molecular weight excluding hydrogens is 350 g/mol. The van der Waals surface area contributed by atoms with Gasteiger partial charge >= 0.3 is 0 Å². The first-order valence-corrected chi connectivity index (χ1v) is 10.7. The van der Waals surface area contributed by atoms with E-state index in [2.05, 4.69) is 16.2 Å².